The predicted octanol–water partition coefficient (Wildman–Crippen LogP) is 3.40. The lowest BCUT2D eigenvalue weighted by atomic mass is 10.1. The highest BCUT2D eigenvalue weighted by molar-refractivity contribution is 5.88. The Kier molecular flexibility index (Phi) is 3.38. The Morgan fingerprint density at radius 2 is 1.61 bits per heavy atom. The maximum atomic E-state index is 12.6. The van der Waals surface area contributed by atoms with Crippen molar-refractivity contribution in [3.05, 3.63) is 54.6 Å². The van der Waals surface area contributed by atoms with Gasteiger partial charge in [0.2, 0.25) is 11.0 Å². The summed E-state index contributed by atoms with van der Waals surface area (Å²) in [6.07, 6.45) is 1.73. The van der Waals surface area contributed by atoms with Crippen molar-refractivity contribution in [2.45, 2.75) is 26.4 Å². The summed E-state index contributed by atoms with van der Waals surface area (Å²) in [5, 5.41) is 2.46. The average molecular weight is 306 g/mol. The molecule has 0 radical (unpaired) electrons. The van der Waals surface area contributed by atoms with Crippen LogP contribution >= 0.6 is 0 Å². The fourth-order valence-corrected chi connectivity index (χ4v) is 3.91. The minimum absolute atomic E-state index is 0.386. The van der Waals surface area contributed by atoms with Gasteiger partial charge in [-0.25, -0.2) is 9.28 Å². The van der Waals surface area contributed by atoms with Gasteiger partial charge in [0.05, 0.1) is 19.5 Å². The van der Waals surface area contributed by atoms with Crippen molar-refractivity contribution >= 4 is 27.7 Å². The third kappa shape index (κ3) is 2.23. The zero-order valence-electron chi connectivity index (χ0n) is 13.5. The molecule has 0 bridgehead atoms. The first-order valence-corrected chi connectivity index (χ1v) is 8.43. The third-order valence-corrected chi connectivity index (χ3v) is 5.29. The van der Waals surface area contributed by atoms with Gasteiger partial charge in [-0.05, 0) is 25.1 Å². The Balaban J connectivity index is 1.98. The Labute approximate surface area is 136 Å². The molecule has 0 N–H and O–H groups in total. The van der Waals surface area contributed by atoms with E-state index in [9.17, 15) is 4.79 Å². The molecule has 1 fully saturated rings. The Morgan fingerprint density at radius 1 is 1.00 bits per heavy atom. The number of hydrogen-bond donors (Lipinski definition) is 0. The number of likely N-dealkylation sites (tertiary alicyclic amines) is 1. The summed E-state index contributed by atoms with van der Waals surface area (Å²) >= 11 is 0. The standard InChI is InChI=1S/C20H22N2O/c1-2-22(13-7-12-20(22)23)15-21-18-10-5-3-8-16(18)14-17-9-4-6-11-19(17)21/h3-6,8-11,14H,2,7,12-13,15H2,1H3/q+2. The van der Waals surface area contributed by atoms with Gasteiger partial charge in [-0.3, -0.25) is 0 Å². The van der Waals surface area contributed by atoms with Crippen LogP contribution in [0.25, 0.3) is 21.8 Å². The van der Waals surface area contributed by atoms with Crippen molar-refractivity contribution < 1.29 is 13.8 Å². The molecule has 0 spiro atoms. The van der Waals surface area contributed by atoms with Crippen LogP contribution < -0.4 is 4.57 Å². The summed E-state index contributed by atoms with van der Waals surface area (Å²) in [6, 6.07) is 19.2. The van der Waals surface area contributed by atoms with E-state index in [2.05, 4.69) is 66.1 Å². The third-order valence-electron chi connectivity index (χ3n) is 5.29. The number of quaternary nitrogens is 1. The van der Waals surface area contributed by atoms with Crippen molar-refractivity contribution in [1.29, 1.82) is 0 Å². The molecule has 1 aliphatic rings. The highest BCUT2D eigenvalue weighted by atomic mass is 16.2. The number of fused-ring (bicyclic) bond motifs is 2. The van der Waals surface area contributed by atoms with Crippen LogP contribution in [0.4, 0.5) is 0 Å². The molecule has 1 saturated heterocycles. The SMILES string of the molecule is CC[N+]1(C[n+]2c3ccccc3cc3ccccc32)CCCC1=O. The summed E-state index contributed by atoms with van der Waals surface area (Å²) in [4.78, 5) is 12.6. The number of hydrogen-bond acceptors (Lipinski definition) is 1. The Hall–Kier alpha value is -2.26. The summed E-state index contributed by atoms with van der Waals surface area (Å²) in [5.74, 6) is 0.386. The van der Waals surface area contributed by atoms with Gasteiger partial charge in [0.15, 0.2) is 0 Å². The van der Waals surface area contributed by atoms with Crippen LogP contribution in [0.3, 0.4) is 0 Å². The minimum atomic E-state index is 0.386. The number of carbonyl (C=O) groups is 1. The lowest BCUT2D eigenvalue weighted by Gasteiger charge is -2.27. The van der Waals surface area contributed by atoms with E-state index in [-0.39, 0.29) is 0 Å². The van der Waals surface area contributed by atoms with Crippen LogP contribution in [-0.2, 0) is 11.5 Å². The zero-order valence-corrected chi connectivity index (χ0v) is 13.5. The second-order valence-corrected chi connectivity index (χ2v) is 6.51. The smallest absolute Gasteiger partial charge is 0.231 e. The highest BCUT2D eigenvalue weighted by Crippen LogP contribution is 2.23. The van der Waals surface area contributed by atoms with E-state index in [0.717, 1.165) is 32.6 Å². The molecule has 3 nitrogen and oxygen atoms in total. The van der Waals surface area contributed by atoms with E-state index in [1.54, 1.807) is 0 Å². The van der Waals surface area contributed by atoms with Gasteiger partial charge in [-0.2, -0.15) is 0 Å². The fraction of sp³-hybridized carbons (Fsp3) is 0.300. The quantitative estimate of drug-likeness (QED) is 0.413. The van der Waals surface area contributed by atoms with E-state index < -0.39 is 0 Å². The molecule has 116 valence electrons. The normalized spacial score (nSPS) is 21.3. The molecular formula is C20H22N2O+2. The number of carbonyl (C=O) groups excluding carboxylic acids is 1. The van der Waals surface area contributed by atoms with Crippen molar-refractivity contribution in [2.24, 2.45) is 0 Å². The van der Waals surface area contributed by atoms with Crippen LogP contribution in [0.1, 0.15) is 19.8 Å². The molecule has 4 rings (SSSR count). The molecule has 0 aliphatic carbocycles. The van der Waals surface area contributed by atoms with Crippen molar-refractivity contribution in [2.75, 3.05) is 13.1 Å². The van der Waals surface area contributed by atoms with E-state index in [1.807, 2.05) is 0 Å². The molecule has 1 amide bonds. The van der Waals surface area contributed by atoms with Crippen LogP contribution in [0.15, 0.2) is 54.6 Å². The number of benzene rings is 2. The van der Waals surface area contributed by atoms with Crippen LogP contribution in [0.5, 0.6) is 0 Å². The monoisotopic (exact) mass is 306 g/mol. The molecule has 23 heavy (non-hydrogen) atoms. The first-order valence-electron chi connectivity index (χ1n) is 8.43. The lowest BCUT2D eigenvalue weighted by Crippen LogP contribution is -2.58. The summed E-state index contributed by atoms with van der Waals surface area (Å²) in [5.41, 5.74) is 2.41. The molecule has 3 aromatic rings. The number of rotatable bonds is 3. The molecule has 2 heterocycles. The molecule has 3 heteroatoms. The first kappa shape index (κ1) is 14.3. The zero-order chi connectivity index (χ0) is 15.9. The molecular weight excluding hydrogens is 284 g/mol. The predicted molar refractivity (Wildman–Crippen MR) is 91.6 cm³/mol. The van der Waals surface area contributed by atoms with Crippen LogP contribution in [0.2, 0.25) is 0 Å². The second-order valence-electron chi connectivity index (χ2n) is 6.51. The molecule has 1 aromatic heterocycles. The summed E-state index contributed by atoms with van der Waals surface area (Å²) in [7, 11) is 0. The van der Waals surface area contributed by atoms with Gasteiger partial charge < -0.3 is 0 Å². The number of pyridine rings is 1. The average Bonchev–Trinajstić information content (AvgIpc) is 2.95. The van der Waals surface area contributed by atoms with Gasteiger partial charge in [0, 0.05) is 29.3 Å². The van der Waals surface area contributed by atoms with Crippen LogP contribution in [-0.4, -0.2) is 23.5 Å². The topological polar surface area (TPSA) is 20.9 Å². The lowest BCUT2D eigenvalue weighted by molar-refractivity contribution is -0.984. The summed E-state index contributed by atoms with van der Waals surface area (Å²) in [6.45, 7) is 4.69. The van der Waals surface area contributed by atoms with E-state index in [1.165, 1.54) is 21.8 Å². The Bertz CT molecular complexity index is 848. The number of amides is 1. The van der Waals surface area contributed by atoms with Gasteiger partial charge in [-0.15, -0.1) is 4.57 Å². The van der Waals surface area contributed by atoms with Gasteiger partial charge in [0.1, 0.15) is 0 Å². The fourth-order valence-electron chi connectivity index (χ4n) is 3.91. The number of nitrogens with zero attached hydrogens (tertiary/aromatic N) is 2. The molecule has 1 unspecified atom stereocenters. The van der Waals surface area contributed by atoms with Gasteiger partial charge >= 0.3 is 5.91 Å². The van der Waals surface area contributed by atoms with Crippen molar-refractivity contribution in [3.8, 4) is 0 Å². The van der Waals surface area contributed by atoms with E-state index >= 15 is 0 Å². The van der Waals surface area contributed by atoms with E-state index in [4.69, 9.17) is 0 Å². The van der Waals surface area contributed by atoms with E-state index in [0.29, 0.717) is 10.4 Å². The second kappa shape index (κ2) is 5.43. The molecule has 2 aromatic carbocycles. The number of para-hydroxylation sites is 2. The molecule has 0 saturated carbocycles. The number of aromatic nitrogens is 1. The van der Waals surface area contributed by atoms with Crippen molar-refractivity contribution in [1.82, 2.24) is 0 Å². The molecule has 1 aliphatic heterocycles. The minimum Gasteiger partial charge on any atom is -0.231 e. The largest absolute Gasteiger partial charge is 0.319 e. The summed E-state index contributed by atoms with van der Waals surface area (Å²) < 4.78 is 2.92. The molecule has 1 atom stereocenters. The van der Waals surface area contributed by atoms with Gasteiger partial charge in [0.25, 0.3) is 6.67 Å². The maximum Gasteiger partial charge on any atom is 0.319 e. The van der Waals surface area contributed by atoms with Crippen molar-refractivity contribution in [3.63, 3.8) is 0 Å². The maximum absolute atomic E-state index is 12.6. The Morgan fingerprint density at radius 3 is 2.13 bits per heavy atom. The van der Waals surface area contributed by atoms with Gasteiger partial charge in [-0.1, -0.05) is 24.3 Å². The van der Waals surface area contributed by atoms with Crippen LogP contribution in [0, 0.1) is 0 Å². The first-order chi connectivity index (χ1) is 11.2. The highest BCUT2D eigenvalue weighted by Gasteiger charge is 2.43.